The third-order valence-electron chi connectivity index (χ3n) is 5.83. The summed E-state index contributed by atoms with van der Waals surface area (Å²) in [6.07, 6.45) is 14.1. The van der Waals surface area contributed by atoms with Crippen LogP contribution in [0.4, 0.5) is 5.69 Å². The van der Waals surface area contributed by atoms with Crippen LogP contribution >= 0.6 is 0 Å². The fourth-order valence-corrected chi connectivity index (χ4v) is 4.16. The van der Waals surface area contributed by atoms with Gasteiger partial charge in [-0.2, -0.15) is 0 Å². The summed E-state index contributed by atoms with van der Waals surface area (Å²) in [6, 6.07) is 0. The van der Waals surface area contributed by atoms with E-state index >= 15 is 0 Å². The lowest BCUT2D eigenvalue weighted by molar-refractivity contribution is 0.523. The normalized spacial score (nSPS) is 13.6. The van der Waals surface area contributed by atoms with E-state index in [2.05, 4.69) is 50.1 Å². The lowest BCUT2D eigenvalue weighted by Crippen LogP contribution is -2.26. The van der Waals surface area contributed by atoms with Gasteiger partial charge in [0.15, 0.2) is 0 Å². The van der Waals surface area contributed by atoms with Crippen molar-refractivity contribution in [1.29, 1.82) is 0 Å². The molecule has 4 heteroatoms. The second-order valence-corrected chi connectivity index (χ2v) is 9.14. The molecule has 0 saturated carbocycles. The molecule has 1 heterocycles. The fraction of sp³-hybridized carbons (Fsp3) is 0.708. The number of hydrogen-bond acceptors (Lipinski definition) is 4. The van der Waals surface area contributed by atoms with Crippen LogP contribution < -0.4 is 16.3 Å². The molecule has 156 valence electrons. The first-order chi connectivity index (χ1) is 13.5. The molecule has 0 radical (unpaired) electrons. The van der Waals surface area contributed by atoms with Gasteiger partial charge in [-0.05, 0) is 71.6 Å². The molecule has 0 aliphatic carbocycles. The van der Waals surface area contributed by atoms with Crippen molar-refractivity contribution in [3.63, 3.8) is 0 Å². The van der Waals surface area contributed by atoms with E-state index in [-0.39, 0.29) is 0 Å². The Kier molecular flexibility index (Phi) is 9.14. The van der Waals surface area contributed by atoms with E-state index in [1.807, 2.05) is 0 Å². The predicted molar refractivity (Wildman–Crippen MR) is 119 cm³/mol. The number of nitrogens with zero attached hydrogens (tertiary/aromatic N) is 3. The van der Waals surface area contributed by atoms with Gasteiger partial charge in [-0.15, -0.1) is 10.2 Å². The van der Waals surface area contributed by atoms with Crippen LogP contribution in [0.5, 0.6) is 0 Å². The molecule has 28 heavy (non-hydrogen) atoms. The van der Waals surface area contributed by atoms with Crippen molar-refractivity contribution in [2.75, 3.05) is 0 Å². The molecule has 0 unspecified atom stereocenters. The molecule has 1 aromatic rings. The molecular weight excluding hydrogens is 344 g/mol. The van der Waals surface area contributed by atoms with Gasteiger partial charge in [-0.25, -0.2) is 0 Å². The first-order valence-electron chi connectivity index (χ1n) is 11.3. The van der Waals surface area contributed by atoms with Crippen molar-refractivity contribution in [3.8, 4) is 0 Å². The molecule has 0 amide bonds. The molecule has 1 aromatic carbocycles. The molecule has 1 aliphatic heterocycles. The minimum Gasteiger partial charge on any atom is -0.404 e. The molecule has 2 rings (SSSR count). The molecule has 4 nitrogen and oxygen atoms in total. The Bertz CT molecular complexity index is 756. The minimum atomic E-state index is 0.788. The van der Waals surface area contributed by atoms with Crippen molar-refractivity contribution in [2.45, 2.75) is 98.8 Å². The number of rotatable bonds is 12. The smallest absolute Gasteiger partial charge is 0.119 e. The lowest BCUT2D eigenvalue weighted by Gasteiger charge is -2.14. The number of hydrogen-bond donors (Lipinski definition) is 1. The maximum absolute atomic E-state index is 6.07. The summed E-state index contributed by atoms with van der Waals surface area (Å²) in [4.78, 5) is 0. The first kappa shape index (κ1) is 22.6. The predicted octanol–water partition coefficient (Wildman–Crippen LogP) is 5.84. The molecule has 0 spiro atoms. The molecular formula is C24H40N4. The van der Waals surface area contributed by atoms with Crippen molar-refractivity contribution in [3.05, 3.63) is 27.3 Å². The summed E-state index contributed by atoms with van der Waals surface area (Å²) in [6.45, 7) is 11.3. The van der Waals surface area contributed by atoms with Gasteiger partial charge in [0.05, 0.1) is 0 Å². The highest BCUT2D eigenvalue weighted by Gasteiger charge is 2.18. The summed E-state index contributed by atoms with van der Waals surface area (Å²) in [5.74, 6) is 1.58. The molecule has 0 bridgehead atoms. The van der Waals surface area contributed by atoms with Crippen molar-refractivity contribution >= 4 is 11.9 Å². The summed E-state index contributed by atoms with van der Waals surface area (Å²) in [5, 5.41) is 14.8. The molecule has 1 aliphatic rings. The van der Waals surface area contributed by atoms with Crippen LogP contribution in [0.15, 0.2) is 15.4 Å². The Morgan fingerprint density at radius 3 is 1.93 bits per heavy atom. The van der Waals surface area contributed by atoms with Gasteiger partial charge < -0.3 is 5.73 Å². The molecule has 2 N–H and O–H groups in total. The van der Waals surface area contributed by atoms with Crippen molar-refractivity contribution in [1.82, 2.24) is 0 Å². The Morgan fingerprint density at radius 2 is 1.39 bits per heavy atom. The standard InChI is InChI=1S/C24H40N4/c1-17(2)12-8-6-10-14-20-21(15-11-7-9-13-18(3)4)24-23(26-28-27-24)19(5)22(20)16-25/h16-18H,6-15,25H2,1-5H3. The van der Waals surface area contributed by atoms with E-state index in [1.165, 1.54) is 62.5 Å². The van der Waals surface area contributed by atoms with E-state index in [0.29, 0.717) is 0 Å². The highest BCUT2D eigenvalue weighted by Crippen LogP contribution is 2.21. The van der Waals surface area contributed by atoms with Gasteiger partial charge in [-0.3, -0.25) is 0 Å². The van der Waals surface area contributed by atoms with Gasteiger partial charge in [0.1, 0.15) is 11.0 Å². The van der Waals surface area contributed by atoms with E-state index in [9.17, 15) is 0 Å². The van der Waals surface area contributed by atoms with Crippen LogP contribution in [0.1, 0.15) is 95.8 Å². The summed E-state index contributed by atoms with van der Waals surface area (Å²) in [7, 11) is 0. The van der Waals surface area contributed by atoms with Gasteiger partial charge in [-0.1, -0.05) is 66.2 Å². The van der Waals surface area contributed by atoms with Crippen LogP contribution in [-0.2, 0) is 12.8 Å². The highest BCUT2D eigenvalue weighted by atomic mass is 15.4. The maximum atomic E-state index is 6.07. The Balaban J connectivity index is 2.17. The van der Waals surface area contributed by atoms with Crippen LogP contribution in [0, 0.1) is 18.8 Å². The Labute approximate surface area is 171 Å². The number of unbranched alkanes of at least 4 members (excludes halogenated alkanes) is 4. The third-order valence-corrected chi connectivity index (χ3v) is 5.83. The molecule has 0 aromatic heterocycles. The maximum Gasteiger partial charge on any atom is 0.119 e. The van der Waals surface area contributed by atoms with Gasteiger partial charge in [0, 0.05) is 6.20 Å². The van der Waals surface area contributed by atoms with Gasteiger partial charge in [0.2, 0.25) is 0 Å². The third kappa shape index (κ3) is 6.15. The minimum absolute atomic E-state index is 0.788. The van der Waals surface area contributed by atoms with E-state index in [1.54, 1.807) is 6.20 Å². The summed E-state index contributed by atoms with van der Waals surface area (Å²) in [5.41, 5.74) is 10.9. The fourth-order valence-electron chi connectivity index (χ4n) is 4.16. The average molecular weight is 385 g/mol. The van der Waals surface area contributed by atoms with Gasteiger partial charge in [0.25, 0.3) is 0 Å². The van der Waals surface area contributed by atoms with Crippen molar-refractivity contribution in [2.24, 2.45) is 33.0 Å². The first-order valence-corrected chi connectivity index (χ1v) is 11.3. The zero-order valence-corrected chi connectivity index (χ0v) is 18.7. The van der Waals surface area contributed by atoms with E-state index in [4.69, 9.17) is 5.73 Å². The number of nitrogens with two attached hydrogens (primary N) is 1. The van der Waals surface area contributed by atoms with E-state index < -0.39 is 0 Å². The van der Waals surface area contributed by atoms with Crippen LogP contribution in [-0.4, -0.2) is 0 Å². The highest BCUT2D eigenvalue weighted by molar-refractivity contribution is 5.54. The van der Waals surface area contributed by atoms with Crippen LogP contribution in [0.2, 0.25) is 0 Å². The van der Waals surface area contributed by atoms with Crippen LogP contribution in [0.3, 0.4) is 0 Å². The lowest BCUT2D eigenvalue weighted by atomic mass is 9.90. The SMILES string of the molecule is Cc1c2c(c(CCCCCC(C)C)c(CCCCCC(C)C)c1=CN)=NN=N2. The second kappa shape index (κ2) is 11.3. The topological polar surface area (TPSA) is 63.1 Å². The molecule has 0 saturated heterocycles. The molecule has 0 fully saturated rings. The monoisotopic (exact) mass is 384 g/mol. The Morgan fingerprint density at radius 1 is 0.821 bits per heavy atom. The largest absolute Gasteiger partial charge is 0.404 e. The number of benzene rings is 1. The molecule has 0 atom stereocenters. The van der Waals surface area contributed by atoms with Crippen LogP contribution in [0.25, 0.3) is 6.20 Å². The van der Waals surface area contributed by atoms with Crippen molar-refractivity contribution < 1.29 is 0 Å². The average Bonchev–Trinajstić information content (AvgIpc) is 3.13. The Hall–Kier alpha value is -1.71. The number of fused-ring (bicyclic) bond motifs is 1. The zero-order valence-electron chi connectivity index (χ0n) is 18.7. The quantitative estimate of drug-likeness (QED) is 0.452. The second-order valence-electron chi connectivity index (χ2n) is 9.14. The summed E-state index contributed by atoms with van der Waals surface area (Å²) < 4.78 is 0. The van der Waals surface area contributed by atoms with E-state index in [0.717, 1.165) is 46.5 Å². The summed E-state index contributed by atoms with van der Waals surface area (Å²) >= 11 is 0. The zero-order chi connectivity index (χ0) is 20.5. The van der Waals surface area contributed by atoms with Gasteiger partial charge >= 0.3 is 0 Å².